The van der Waals surface area contributed by atoms with Crippen molar-refractivity contribution in [3.63, 3.8) is 0 Å². The first-order valence-electron chi connectivity index (χ1n) is 3.94. The summed E-state index contributed by atoms with van der Waals surface area (Å²) in [4.78, 5) is 21.0. The van der Waals surface area contributed by atoms with E-state index in [2.05, 4.69) is 0 Å². The molecule has 0 amide bonds. The van der Waals surface area contributed by atoms with Crippen LogP contribution >= 0.6 is 0 Å². The van der Waals surface area contributed by atoms with Crippen molar-refractivity contribution in [1.29, 1.82) is 0 Å². The smallest absolute Gasteiger partial charge is 0.338 e. The third kappa shape index (κ3) is 2.29. The number of halogens is 1. The summed E-state index contributed by atoms with van der Waals surface area (Å²) < 4.78 is 12.9. The molecule has 4 N–H and O–H groups in total. The van der Waals surface area contributed by atoms with Crippen molar-refractivity contribution in [3.8, 4) is 0 Å². The van der Waals surface area contributed by atoms with E-state index in [1.807, 2.05) is 0 Å². The van der Waals surface area contributed by atoms with Crippen LogP contribution in [0.3, 0.4) is 0 Å². The first-order chi connectivity index (χ1) is 6.93. The van der Waals surface area contributed by atoms with Crippen LogP contribution in [0, 0.1) is 5.82 Å². The van der Waals surface area contributed by atoms with Gasteiger partial charge in [0.25, 0.3) is 0 Å². The van der Waals surface area contributed by atoms with Gasteiger partial charge in [-0.1, -0.05) is 6.07 Å². The first-order valence-corrected chi connectivity index (χ1v) is 3.94. The van der Waals surface area contributed by atoms with Gasteiger partial charge in [-0.05, 0) is 17.7 Å². The molecule has 0 aliphatic heterocycles. The number of aromatic carboxylic acids is 1. The Hall–Kier alpha value is -1.95. The molecule has 0 saturated heterocycles. The van der Waals surface area contributed by atoms with Gasteiger partial charge in [-0.15, -0.1) is 0 Å². The minimum absolute atomic E-state index is 0.0429. The molecule has 0 fully saturated rings. The van der Waals surface area contributed by atoms with Gasteiger partial charge in [0.2, 0.25) is 0 Å². The molecule has 15 heavy (non-hydrogen) atoms. The lowest BCUT2D eigenvalue weighted by molar-refractivity contribution is -0.138. The molecule has 80 valence electrons. The summed E-state index contributed by atoms with van der Waals surface area (Å²) in [7, 11) is 0. The van der Waals surface area contributed by atoms with Gasteiger partial charge in [-0.25, -0.2) is 9.18 Å². The normalized spacial score (nSPS) is 12.1. The van der Waals surface area contributed by atoms with Crippen molar-refractivity contribution in [2.75, 3.05) is 0 Å². The number of carboxylic acid groups (broad SMARTS) is 2. The third-order valence-corrected chi connectivity index (χ3v) is 1.85. The Morgan fingerprint density at radius 1 is 1.33 bits per heavy atom. The van der Waals surface area contributed by atoms with E-state index < -0.39 is 29.4 Å². The van der Waals surface area contributed by atoms with E-state index in [1.54, 1.807) is 0 Å². The zero-order chi connectivity index (χ0) is 11.6. The summed E-state index contributed by atoms with van der Waals surface area (Å²) in [6.45, 7) is 0. The second-order valence-electron chi connectivity index (χ2n) is 2.86. The predicted octanol–water partition coefficient (Wildman–Crippen LogP) is 0.608. The Morgan fingerprint density at radius 3 is 2.40 bits per heavy atom. The van der Waals surface area contributed by atoms with Crippen LogP contribution < -0.4 is 5.73 Å². The number of aliphatic carboxylic acids is 1. The highest BCUT2D eigenvalue weighted by molar-refractivity contribution is 5.88. The highest BCUT2D eigenvalue weighted by atomic mass is 19.1. The topological polar surface area (TPSA) is 101 Å². The Bertz CT molecular complexity index is 419. The third-order valence-electron chi connectivity index (χ3n) is 1.85. The summed E-state index contributed by atoms with van der Waals surface area (Å²) in [6, 6.07) is 1.57. The maximum absolute atomic E-state index is 12.9. The SMILES string of the molecule is N[C@H](C(=O)O)c1ccc(F)c(C(=O)O)c1. The van der Waals surface area contributed by atoms with Crippen molar-refractivity contribution in [1.82, 2.24) is 0 Å². The standard InChI is InChI=1S/C9H8FNO4/c10-6-2-1-4(7(11)9(14)15)3-5(6)8(12)13/h1-3,7H,11H2,(H,12,13)(H,14,15)/t7-/m0/s1. The molecular formula is C9H8FNO4. The quantitative estimate of drug-likeness (QED) is 0.682. The molecule has 0 spiro atoms. The highest BCUT2D eigenvalue weighted by Gasteiger charge is 2.18. The van der Waals surface area contributed by atoms with Gasteiger partial charge < -0.3 is 15.9 Å². The lowest BCUT2D eigenvalue weighted by Crippen LogP contribution is -2.21. The van der Waals surface area contributed by atoms with E-state index >= 15 is 0 Å². The van der Waals surface area contributed by atoms with Crippen LogP contribution in [0.15, 0.2) is 18.2 Å². The van der Waals surface area contributed by atoms with Crippen LogP contribution in [0.5, 0.6) is 0 Å². The molecule has 1 rings (SSSR count). The van der Waals surface area contributed by atoms with Gasteiger partial charge in [0.05, 0.1) is 5.56 Å². The van der Waals surface area contributed by atoms with Crippen molar-refractivity contribution < 1.29 is 24.2 Å². The summed E-state index contributed by atoms with van der Waals surface area (Å²) in [6.07, 6.45) is 0. The van der Waals surface area contributed by atoms with E-state index in [0.29, 0.717) is 0 Å². The molecule has 0 aliphatic carbocycles. The second-order valence-corrected chi connectivity index (χ2v) is 2.86. The maximum atomic E-state index is 12.9. The number of rotatable bonds is 3. The van der Waals surface area contributed by atoms with Gasteiger partial charge in [0.15, 0.2) is 0 Å². The van der Waals surface area contributed by atoms with Crippen molar-refractivity contribution in [2.45, 2.75) is 6.04 Å². The fourth-order valence-corrected chi connectivity index (χ4v) is 1.04. The molecule has 1 atom stereocenters. The van der Waals surface area contributed by atoms with Crippen LogP contribution in [0.2, 0.25) is 0 Å². The first kappa shape index (κ1) is 11.1. The summed E-state index contributed by atoms with van der Waals surface area (Å²) >= 11 is 0. The number of hydrogen-bond acceptors (Lipinski definition) is 3. The van der Waals surface area contributed by atoms with E-state index in [-0.39, 0.29) is 5.56 Å². The molecule has 6 heteroatoms. The van der Waals surface area contributed by atoms with Gasteiger partial charge in [0.1, 0.15) is 11.9 Å². The molecule has 0 radical (unpaired) electrons. The van der Waals surface area contributed by atoms with Crippen LogP contribution in [-0.2, 0) is 4.79 Å². The molecule has 0 bridgehead atoms. The van der Waals surface area contributed by atoms with Crippen LogP contribution in [0.25, 0.3) is 0 Å². The van der Waals surface area contributed by atoms with Crippen LogP contribution in [-0.4, -0.2) is 22.2 Å². The molecule has 0 unspecified atom stereocenters. The zero-order valence-corrected chi connectivity index (χ0v) is 7.48. The van der Waals surface area contributed by atoms with Crippen LogP contribution in [0.1, 0.15) is 22.0 Å². The average Bonchev–Trinajstić information content (AvgIpc) is 2.16. The summed E-state index contributed by atoms with van der Waals surface area (Å²) in [5.74, 6) is -3.70. The van der Waals surface area contributed by atoms with E-state index in [4.69, 9.17) is 15.9 Å². The monoisotopic (exact) mass is 213 g/mol. The van der Waals surface area contributed by atoms with Crippen molar-refractivity contribution in [3.05, 3.63) is 35.1 Å². The lowest BCUT2D eigenvalue weighted by Gasteiger charge is -2.07. The number of benzene rings is 1. The fourth-order valence-electron chi connectivity index (χ4n) is 1.04. The van der Waals surface area contributed by atoms with E-state index in [1.165, 1.54) is 0 Å². The largest absolute Gasteiger partial charge is 0.480 e. The van der Waals surface area contributed by atoms with Crippen LogP contribution in [0.4, 0.5) is 4.39 Å². The molecule has 0 aromatic heterocycles. The second kappa shape index (κ2) is 4.05. The highest BCUT2D eigenvalue weighted by Crippen LogP contribution is 2.15. The Balaban J connectivity index is 3.18. The zero-order valence-electron chi connectivity index (χ0n) is 7.48. The van der Waals surface area contributed by atoms with E-state index in [9.17, 15) is 14.0 Å². The number of nitrogens with two attached hydrogens (primary N) is 1. The van der Waals surface area contributed by atoms with Gasteiger partial charge >= 0.3 is 11.9 Å². The number of carbonyl (C=O) groups is 2. The molecule has 1 aromatic rings. The predicted molar refractivity (Wildman–Crippen MR) is 47.9 cm³/mol. The van der Waals surface area contributed by atoms with Gasteiger partial charge in [-0.3, -0.25) is 4.79 Å². The molecular weight excluding hydrogens is 205 g/mol. The lowest BCUT2D eigenvalue weighted by atomic mass is 10.0. The Morgan fingerprint density at radius 2 is 1.93 bits per heavy atom. The number of hydrogen-bond donors (Lipinski definition) is 3. The van der Waals surface area contributed by atoms with Crippen molar-refractivity contribution in [2.24, 2.45) is 5.73 Å². The Kier molecular flexibility index (Phi) is 3.01. The van der Waals surface area contributed by atoms with Gasteiger partial charge in [0, 0.05) is 0 Å². The fraction of sp³-hybridized carbons (Fsp3) is 0.111. The average molecular weight is 213 g/mol. The minimum Gasteiger partial charge on any atom is -0.480 e. The molecule has 0 heterocycles. The summed E-state index contributed by atoms with van der Waals surface area (Å²) in [5.41, 5.74) is 4.69. The molecule has 0 saturated carbocycles. The molecule has 0 aliphatic rings. The Labute approximate surface area is 83.9 Å². The summed E-state index contributed by atoms with van der Waals surface area (Å²) in [5, 5.41) is 17.2. The van der Waals surface area contributed by atoms with Gasteiger partial charge in [-0.2, -0.15) is 0 Å². The minimum atomic E-state index is -1.47. The molecule has 5 nitrogen and oxygen atoms in total. The maximum Gasteiger partial charge on any atom is 0.338 e. The number of carboxylic acids is 2. The molecule has 1 aromatic carbocycles. The van der Waals surface area contributed by atoms with E-state index in [0.717, 1.165) is 18.2 Å². The van der Waals surface area contributed by atoms with Crippen molar-refractivity contribution >= 4 is 11.9 Å².